The molecule has 0 N–H and O–H groups in total. The van der Waals surface area contributed by atoms with Crippen LogP contribution in [-0.2, 0) is 14.3 Å². The summed E-state index contributed by atoms with van der Waals surface area (Å²) in [5, 5.41) is 0. The molecule has 20 heavy (non-hydrogen) atoms. The van der Waals surface area contributed by atoms with Gasteiger partial charge in [0.15, 0.2) is 0 Å². The maximum absolute atomic E-state index is 12.1. The molecule has 3 nitrogen and oxygen atoms in total. The molecule has 0 aliphatic heterocycles. The lowest BCUT2D eigenvalue weighted by molar-refractivity contribution is -0.143. The number of hydrogen-bond acceptors (Lipinski definition) is 3. The third-order valence-corrected chi connectivity index (χ3v) is 2.41. The second-order valence-electron chi connectivity index (χ2n) is 5.94. The summed E-state index contributed by atoms with van der Waals surface area (Å²) in [5.41, 5.74) is 1.19. The standard InChI is InChI=1S/C17H24O3/c1-13(2)20-16(18)15(12-19-17(3,4)5)11-14-9-7-6-8-10-14/h6-11,13H,12H2,1-5H3. The number of carbonyl (C=O) groups is 1. The lowest BCUT2D eigenvalue weighted by Gasteiger charge is -2.20. The third-order valence-electron chi connectivity index (χ3n) is 2.41. The predicted molar refractivity (Wildman–Crippen MR) is 81.4 cm³/mol. The summed E-state index contributed by atoms with van der Waals surface area (Å²) in [6.07, 6.45) is 1.67. The summed E-state index contributed by atoms with van der Waals surface area (Å²) in [4.78, 5) is 12.1. The molecule has 1 rings (SSSR count). The first-order chi connectivity index (χ1) is 9.28. The van der Waals surface area contributed by atoms with Crippen molar-refractivity contribution in [1.82, 2.24) is 0 Å². The molecule has 110 valence electrons. The van der Waals surface area contributed by atoms with E-state index in [2.05, 4.69) is 0 Å². The number of hydrogen-bond donors (Lipinski definition) is 0. The Morgan fingerprint density at radius 3 is 2.30 bits per heavy atom. The summed E-state index contributed by atoms with van der Waals surface area (Å²) in [6.45, 7) is 9.79. The van der Waals surface area contributed by atoms with Crippen molar-refractivity contribution in [2.45, 2.75) is 46.3 Å². The molecule has 0 saturated heterocycles. The molecule has 0 heterocycles. The van der Waals surface area contributed by atoms with Crippen molar-refractivity contribution in [3.8, 4) is 0 Å². The summed E-state index contributed by atoms with van der Waals surface area (Å²) < 4.78 is 11.0. The minimum atomic E-state index is -0.326. The van der Waals surface area contributed by atoms with Crippen molar-refractivity contribution >= 4 is 12.0 Å². The van der Waals surface area contributed by atoms with Crippen molar-refractivity contribution in [1.29, 1.82) is 0 Å². The van der Waals surface area contributed by atoms with Crippen molar-refractivity contribution in [3.05, 3.63) is 41.5 Å². The Hall–Kier alpha value is -1.61. The average molecular weight is 276 g/mol. The van der Waals surface area contributed by atoms with Crippen LogP contribution in [0.2, 0.25) is 0 Å². The van der Waals surface area contributed by atoms with Gasteiger partial charge in [-0.15, -0.1) is 0 Å². The number of rotatable bonds is 5. The fraction of sp³-hybridized carbons (Fsp3) is 0.471. The second-order valence-corrected chi connectivity index (χ2v) is 5.94. The van der Waals surface area contributed by atoms with Gasteiger partial charge in [-0.2, -0.15) is 0 Å². The highest BCUT2D eigenvalue weighted by Gasteiger charge is 2.17. The van der Waals surface area contributed by atoms with Gasteiger partial charge in [0.25, 0.3) is 0 Å². The first-order valence-electron chi connectivity index (χ1n) is 6.88. The van der Waals surface area contributed by atoms with E-state index in [1.807, 2.05) is 71.0 Å². The third kappa shape index (κ3) is 6.53. The van der Waals surface area contributed by atoms with E-state index in [-0.39, 0.29) is 24.3 Å². The number of carbonyl (C=O) groups excluding carboxylic acids is 1. The van der Waals surface area contributed by atoms with Crippen LogP contribution >= 0.6 is 0 Å². The quantitative estimate of drug-likeness (QED) is 0.605. The van der Waals surface area contributed by atoms with E-state index in [0.717, 1.165) is 5.56 Å². The minimum Gasteiger partial charge on any atom is -0.460 e. The molecule has 0 amide bonds. The van der Waals surface area contributed by atoms with Crippen LogP contribution in [0.5, 0.6) is 0 Å². The molecule has 1 aromatic rings. The van der Waals surface area contributed by atoms with E-state index < -0.39 is 0 Å². The fourth-order valence-corrected chi connectivity index (χ4v) is 1.49. The van der Waals surface area contributed by atoms with Gasteiger partial charge in [0.05, 0.1) is 23.9 Å². The van der Waals surface area contributed by atoms with Gasteiger partial charge in [-0.3, -0.25) is 0 Å². The summed E-state index contributed by atoms with van der Waals surface area (Å²) in [6, 6.07) is 9.69. The molecule has 0 spiro atoms. The lowest BCUT2D eigenvalue weighted by atomic mass is 10.1. The number of esters is 1. The van der Waals surface area contributed by atoms with Crippen molar-refractivity contribution in [2.75, 3.05) is 6.61 Å². The molecular formula is C17H24O3. The molecule has 0 fully saturated rings. The molecule has 1 aromatic carbocycles. The largest absolute Gasteiger partial charge is 0.460 e. The molecular weight excluding hydrogens is 252 g/mol. The molecule has 0 bridgehead atoms. The van der Waals surface area contributed by atoms with Crippen LogP contribution in [0.15, 0.2) is 35.9 Å². The Bertz CT molecular complexity index is 453. The zero-order chi connectivity index (χ0) is 15.2. The maximum atomic E-state index is 12.1. The average Bonchev–Trinajstić information content (AvgIpc) is 2.33. The smallest absolute Gasteiger partial charge is 0.336 e. The highest BCUT2D eigenvalue weighted by molar-refractivity contribution is 5.94. The highest BCUT2D eigenvalue weighted by atomic mass is 16.5. The Balaban J connectivity index is 2.89. The predicted octanol–water partition coefficient (Wildman–Crippen LogP) is 3.84. The molecule has 0 aromatic heterocycles. The first kappa shape index (κ1) is 16.4. The van der Waals surface area contributed by atoms with Gasteiger partial charge in [-0.1, -0.05) is 30.3 Å². The van der Waals surface area contributed by atoms with Gasteiger partial charge >= 0.3 is 5.97 Å². The van der Waals surface area contributed by atoms with E-state index >= 15 is 0 Å². The summed E-state index contributed by atoms with van der Waals surface area (Å²) >= 11 is 0. The van der Waals surface area contributed by atoms with E-state index in [9.17, 15) is 4.79 Å². The van der Waals surface area contributed by atoms with Gasteiger partial charge in [0, 0.05) is 0 Å². The highest BCUT2D eigenvalue weighted by Crippen LogP contribution is 2.14. The zero-order valence-corrected chi connectivity index (χ0v) is 13.0. The van der Waals surface area contributed by atoms with Gasteiger partial charge < -0.3 is 9.47 Å². The van der Waals surface area contributed by atoms with Crippen molar-refractivity contribution in [2.24, 2.45) is 0 Å². The van der Waals surface area contributed by atoms with Crippen LogP contribution in [0.1, 0.15) is 40.2 Å². The summed E-state index contributed by atoms with van der Waals surface area (Å²) in [7, 11) is 0. The molecule has 3 heteroatoms. The molecule has 0 atom stereocenters. The molecule has 0 aliphatic rings. The Labute approximate surface area is 121 Å². The van der Waals surface area contributed by atoms with Crippen LogP contribution in [-0.4, -0.2) is 24.3 Å². The zero-order valence-electron chi connectivity index (χ0n) is 13.0. The van der Waals surface area contributed by atoms with Gasteiger partial charge in [-0.25, -0.2) is 4.79 Å². The van der Waals surface area contributed by atoms with Crippen LogP contribution in [0, 0.1) is 0 Å². The van der Waals surface area contributed by atoms with Crippen LogP contribution in [0.25, 0.3) is 6.08 Å². The Morgan fingerprint density at radius 2 is 1.80 bits per heavy atom. The van der Waals surface area contributed by atoms with E-state index in [4.69, 9.17) is 9.47 Å². The first-order valence-corrected chi connectivity index (χ1v) is 6.88. The maximum Gasteiger partial charge on any atom is 0.336 e. The summed E-state index contributed by atoms with van der Waals surface area (Å²) in [5.74, 6) is -0.326. The second kappa shape index (κ2) is 7.25. The molecule has 0 aliphatic carbocycles. The number of ether oxygens (including phenoxy) is 2. The Kier molecular flexibility index (Phi) is 5.96. The monoisotopic (exact) mass is 276 g/mol. The van der Waals surface area contributed by atoms with Crippen LogP contribution in [0.4, 0.5) is 0 Å². The van der Waals surface area contributed by atoms with E-state index in [0.29, 0.717) is 5.57 Å². The normalized spacial score (nSPS) is 12.6. The van der Waals surface area contributed by atoms with Crippen LogP contribution < -0.4 is 0 Å². The number of benzene rings is 1. The van der Waals surface area contributed by atoms with Crippen molar-refractivity contribution < 1.29 is 14.3 Å². The topological polar surface area (TPSA) is 35.5 Å². The van der Waals surface area contributed by atoms with E-state index in [1.165, 1.54) is 0 Å². The van der Waals surface area contributed by atoms with Gasteiger partial charge in [-0.05, 0) is 46.3 Å². The molecule has 0 saturated carbocycles. The molecule has 0 unspecified atom stereocenters. The fourth-order valence-electron chi connectivity index (χ4n) is 1.49. The molecule has 0 radical (unpaired) electrons. The van der Waals surface area contributed by atoms with Crippen molar-refractivity contribution in [3.63, 3.8) is 0 Å². The van der Waals surface area contributed by atoms with Gasteiger partial charge in [0.1, 0.15) is 0 Å². The van der Waals surface area contributed by atoms with Gasteiger partial charge in [0.2, 0.25) is 0 Å². The van der Waals surface area contributed by atoms with E-state index in [1.54, 1.807) is 0 Å². The minimum absolute atomic E-state index is 0.142. The van der Waals surface area contributed by atoms with Crippen LogP contribution in [0.3, 0.4) is 0 Å². The SMILES string of the molecule is CC(C)OC(=O)C(=Cc1ccccc1)COC(C)(C)C. The lowest BCUT2D eigenvalue weighted by Crippen LogP contribution is -2.24. The Morgan fingerprint density at radius 1 is 1.20 bits per heavy atom.